The summed E-state index contributed by atoms with van der Waals surface area (Å²) in [4.78, 5) is 39.3. The van der Waals surface area contributed by atoms with Gasteiger partial charge in [0.25, 0.3) is 11.2 Å². The van der Waals surface area contributed by atoms with Gasteiger partial charge in [0.1, 0.15) is 6.54 Å². The van der Waals surface area contributed by atoms with Gasteiger partial charge in [-0.25, -0.2) is 4.98 Å². The lowest BCUT2D eigenvalue weighted by Crippen LogP contribution is -2.34. The van der Waals surface area contributed by atoms with E-state index in [1.54, 1.807) is 25.1 Å². The van der Waals surface area contributed by atoms with Crippen LogP contribution in [0.15, 0.2) is 47.5 Å². The van der Waals surface area contributed by atoms with Crippen LogP contribution in [-0.2, 0) is 11.3 Å². The number of nitro benzene ring substituents is 1. The van der Waals surface area contributed by atoms with Crippen LogP contribution in [-0.4, -0.2) is 20.4 Å². The minimum absolute atomic E-state index is 0.0713. The van der Waals surface area contributed by atoms with Gasteiger partial charge in [-0.3, -0.25) is 24.3 Å². The molecule has 144 valence electrons. The van der Waals surface area contributed by atoms with Crippen molar-refractivity contribution in [2.24, 2.45) is 0 Å². The molecule has 1 heterocycles. The van der Waals surface area contributed by atoms with Crippen LogP contribution in [0.4, 0.5) is 5.69 Å². The fourth-order valence-corrected chi connectivity index (χ4v) is 2.99. The molecule has 0 saturated carbocycles. The summed E-state index contributed by atoms with van der Waals surface area (Å²) >= 11 is 11.9. The zero-order chi connectivity index (χ0) is 20.4. The number of nitrogens with one attached hydrogen (secondary N) is 1. The van der Waals surface area contributed by atoms with Gasteiger partial charge in [0, 0.05) is 12.1 Å². The van der Waals surface area contributed by atoms with Crippen molar-refractivity contribution < 1.29 is 9.72 Å². The summed E-state index contributed by atoms with van der Waals surface area (Å²) < 4.78 is 1.10. The summed E-state index contributed by atoms with van der Waals surface area (Å²) in [6.45, 7) is 1.48. The van der Waals surface area contributed by atoms with Gasteiger partial charge in [0.2, 0.25) is 5.91 Å². The SMILES string of the molecule is C[C@H](NC(=O)Cn1cnc2ccc([N+](=O)[O-])cc2c1=O)c1ccc(Cl)c(Cl)c1. The number of nitrogens with zero attached hydrogens (tertiary/aromatic N) is 3. The first-order chi connectivity index (χ1) is 13.3. The number of benzene rings is 2. The second-order valence-electron chi connectivity index (χ2n) is 6.10. The third-order valence-corrected chi connectivity index (χ3v) is 4.89. The number of halogens is 2. The van der Waals surface area contributed by atoms with Crippen LogP contribution < -0.4 is 10.9 Å². The van der Waals surface area contributed by atoms with Gasteiger partial charge in [-0.05, 0) is 30.7 Å². The molecular formula is C18H14Cl2N4O4. The molecule has 10 heteroatoms. The normalized spacial score (nSPS) is 12.0. The summed E-state index contributed by atoms with van der Waals surface area (Å²) in [7, 11) is 0. The third kappa shape index (κ3) is 4.13. The van der Waals surface area contributed by atoms with Crippen molar-refractivity contribution in [1.29, 1.82) is 0 Å². The molecule has 3 aromatic rings. The number of rotatable bonds is 5. The Morgan fingerprint density at radius 1 is 1.25 bits per heavy atom. The maximum atomic E-state index is 12.6. The molecule has 0 bridgehead atoms. The summed E-state index contributed by atoms with van der Waals surface area (Å²) in [5, 5.41) is 14.5. The Kier molecular flexibility index (Phi) is 5.62. The van der Waals surface area contributed by atoms with E-state index < -0.39 is 16.4 Å². The monoisotopic (exact) mass is 420 g/mol. The van der Waals surface area contributed by atoms with Gasteiger partial charge in [0.05, 0.1) is 38.2 Å². The highest BCUT2D eigenvalue weighted by Gasteiger charge is 2.15. The van der Waals surface area contributed by atoms with E-state index in [1.807, 2.05) is 0 Å². The van der Waals surface area contributed by atoms with Crippen molar-refractivity contribution >= 4 is 45.7 Å². The van der Waals surface area contributed by atoms with Crippen molar-refractivity contribution in [3.05, 3.63) is 78.8 Å². The highest BCUT2D eigenvalue weighted by molar-refractivity contribution is 6.42. The minimum Gasteiger partial charge on any atom is -0.348 e. The summed E-state index contributed by atoms with van der Waals surface area (Å²) in [5.74, 6) is -0.424. The molecule has 0 radical (unpaired) electrons. The standard InChI is InChI=1S/C18H14Cl2N4O4/c1-10(11-2-4-14(19)15(20)6-11)22-17(25)8-23-9-21-16-5-3-12(24(27)28)7-13(16)18(23)26/h2-7,9-10H,8H2,1H3,(H,22,25)/t10-/m0/s1. The Hall–Kier alpha value is -2.97. The predicted octanol–water partition coefficient (Wildman–Crippen LogP) is 3.49. The summed E-state index contributed by atoms with van der Waals surface area (Å²) in [6, 6.07) is 8.47. The zero-order valence-corrected chi connectivity index (χ0v) is 16.1. The van der Waals surface area contributed by atoms with Gasteiger partial charge >= 0.3 is 0 Å². The Bertz CT molecular complexity index is 1150. The Morgan fingerprint density at radius 2 is 2.00 bits per heavy atom. The zero-order valence-electron chi connectivity index (χ0n) is 14.6. The van der Waals surface area contributed by atoms with E-state index in [-0.39, 0.29) is 23.7 Å². The number of fused-ring (bicyclic) bond motifs is 1. The first-order valence-electron chi connectivity index (χ1n) is 8.14. The van der Waals surface area contributed by atoms with E-state index >= 15 is 0 Å². The molecule has 0 aliphatic heterocycles. The minimum atomic E-state index is -0.595. The van der Waals surface area contributed by atoms with Crippen LogP contribution in [0.1, 0.15) is 18.5 Å². The summed E-state index contributed by atoms with van der Waals surface area (Å²) in [5.41, 5.74) is 0.312. The van der Waals surface area contributed by atoms with Crippen molar-refractivity contribution in [1.82, 2.24) is 14.9 Å². The van der Waals surface area contributed by atoms with Crippen LogP contribution in [0, 0.1) is 10.1 Å². The van der Waals surface area contributed by atoms with Crippen molar-refractivity contribution in [3.63, 3.8) is 0 Å². The molecule has 0 saturated heterocycles. The molecule has 28 heavy (non-hydrogen) atoms. The van der Waals surface area contributed by atoms with E-state index in [9.17, 15) is 19.7 Å². The molecule has 0 aliphatic carbocycles. The molecule has 0 spiro atoms. The van der Waals surface area contributed by atoms with Gasteiger partial charge in [-0.1, -0.05) is 29.3 Å². The number of amides is 1. The van der Waals surface area contributed by atoms with Gasteiger partial charge in [-0.15, -0.1) is 0 Å². The number of carbonyl (C=O) groups is 1. The third-order valence-electron chi connectivity index (χ3n) is 4.15. The first-order valence-corrected chi connectivity index (χ1v) is 8.90. The fourth-order valence-electron chi connectivity index (χ4n) is 2.68. The van der Waals surface area contributed by atoms with Crippen LogP contribution in [0.5, 0.6) is 0 Å². The molecule has 0 aliphatic rings. The maximum absolute atomic E-state index is 12.6. The van der Waals surface area contributed by atoms with Crippen molar-refractivity contribution in [2.75, 3.05) is 0 Å². The molecule has 0 unspecified atom stereocenters. The Morgan fingerprint density at radius 3 is 2.68 bits per heavy atom. The van der Waals surface area contributed by atoms with Crippen molar-refractivity contribution in [3.8, 4) is 0 Å². The summed E-state index contributed by atoms with van der Waals surface area (Å²) in [6.07, 6.45) is 1.24. The highest BCUT2D eigenvalue weighted by atomic mass is 35.5. The number of non-ortho nitro benzene ring substituents is 1. The molecule has 8 nitrogen and oxygen atoms in total. The lowest BCUT2D eigenvalue weighted by atomic mass is 10.1. The molecule has 1 N–H and O–H groups in total. The van der Waals surface area contributed by atoms with E-state index in [4.69, 9.17) is 23.2 Å². The predicted molar refractivity (Wildman–Crippen MR) is 106 cm³/mol. The average molecular weight is 421 g/mol. The largest absolute Gasteiger partial charge is 0.348 e. The molecular weight excluding hydrogens is 407 g/mol. The molecule has 1 aromatic heterocycles. The van der Waals surface area contributed by atoms with Crippen LogP contribution in [0.2, 0.25) is 10.0 Å². The number of nitro groups is 1. The second kappa shape index (κ2) is 7.95. The van der Waals surface area contributed by atoms with Gasteiger partial charge in [-0.2, -0.15) is 0 Å². The van der Waals surface area contributed by atoms with Gasteiger partial charge < -0.3 is 5.32 Å². The fraction of sp³-hybridized carbons (Fsp3) is 0.167. The second-order valence-corrected chi connectivity index (χ2v) is 6.91. The average Bonchev–Trinajstić information content (AvgIpc) is 2.65. The molecule has 2 aromatic carbocycles. The molecule has 3 rings (SSSR count). The lowest BCUT2D eigenvalue weighted by Gasteiger charge is -2.15. The molecule has 1 atom stereocenters. The number of hydrogen-bond donors (Lipinski definition) is 1. The van der Waals surface area contributed by atoms with Crippen LogP contribution >= 0.6 is 23.2 Å². The van der Waals surface area contributed by atoms with Crippen molar-refractivity contribution in [2.45, 2.75) is 19.5 Å². The molecule has 0 fully saturated rings. The highest BCUT2D eigenvalue weighted by Crippen LogP contribution is 2.25. The maximum Gasteiger partial charge on any atom is 0.270 e. The Labute approximate surface area is 168 Å². The quantitative estimate of drug-likeness (QED) is 0.501. The smallest absolute Gasteiger partial charge is 0.270 e. The first kappa shape index (κ1) is 19.8. The van der Waals surface area contributed by atoms with Crippen LogP contribution in [0.3, 0.4) is 0 Å². The van der Waals surface area contributed by atoms with Crippen LogP contribution in [0.25, 0.3) is 10.9 Å². The van der Waals surface area contributed by atoms with Gasteiger partial charge in [0.15, 0.2) is 0 Å². The lowest BCUT2D eigenvalue weighted by molar-refractivity contribution is -0.384. The number of aromatic nitrogens is 2. The van der Waals surface area contributed by atoms with E-state index in [0.717, 1.165) is 16.2 Å². The Balaban J connectivity index is 1.80. The molecule has 1 amide bonds. The van der Waals surface area contributed by atoms with E-state index in [0.29, 0.717) is 15.6 Å². The van der Waals surface area contributed by atoms with E-state index in [1.165, 1.54) is 18.5 Å². The van der Waals surface area contributed by atoms with E-state index in [2.05, 4.69) is 10.3 Å². The topological polar surface area (TPSA) is 107 Å². The number of hydrogen-bond acceptors (Lipinski definition) is 5. The number of carbonyl (C=O) groups excluding carboxylic acids is 1.